The molecule has 1 aliphatic rings. The number of hydrogen-bond donors (Lipinski definition) is 1. The minimum absolute atomic E-state index is 0.0342. The normalized spacial score (nSPS) is 32.6. The van der Waals surface area contributed by atoms with Gasteiger partial charge in [0.1, 0.15) is 5.78 Å². The van der Waals surface area contributed by atoms with Gasteiger partial charge >= 0.3 is 5.97 Å². The van der Waals surface area contributed by atoms with Gasteiger partial charge in [0, 0.05) is 5.92 Å². The number of carbonyl (C=O) groups is 2. The molecule has 1 saturated carbocycles. The van der Waals surface area contributed by atoms with Crippen LogP contribution in [0.1, 0.15) is 39.5 Å². The zero-order valence-electron chi connectivity index (χ0n) is 8.82. The minimum Gasteiger partial charge on any atom is -0.481 e. The van der Waals surface area contributed by atoms with Crippen molar-refractivity contribution in [1.82, 2.24) is 0 Å². The van der Waals surface area contributed by atoms with Crippen LogP contribution in [-0.2, 0) is 9.59 Å². The van der Waals surface area contributed by atoms with Gasteiger partial charge in [0.15, 0.2) is 0 Å². The van der Waals surface area contributed by atoms with E-state index in [0.29, 0.717) is 12.3 Å². The van der Waals surface area contributed by atoms with E-state index in [1.165, 1.54) is 6.92 Å². The van der Waals surface area contributed by atoms with Gasteiger partial charge in [-0.1, -0.05) is 13.3 Å². The van der Waals surface area contributed by atoms with Crippen molar-refractivity contribution in [2.24, 2.45) is 17.8 Å². The Morgan fingerprint density at radius 1 is 1.29 bits per heavy atom. The summed E-state index contributed by atoms with van der Waals surface area (Å²) in [6.07, 6.45) is 3.46. The van der Waals surface area contributed by atoms with Crippen molar-refractivity contribution in [3.05, 3.63) is 0 Å². The molecule has 0 aromatic carbocycles. The number of rotatable bonds is 3. The summed E-state index contributed by atoms with van der Waals surface area (Å²) in [4.78, 5) is 22.2. The van der Waals surface area contributed by atoms with Crippen LogP contribution in [0.3, 0.4) is 0 Å². The van der Waals surface area contributed by atoms with E-state index in [4.69, 9.17) is 5.11 Å². The Bertz CT molecular complexity index is 235. The molecule has 0 heterocycles. The molecular formula is C11H18O3. The zero-order valence-corrected chi connectivity index (χ0v) is 8.82. The fourth-order valence-electron chi connectivity index (χ4n) is 2.39. The standard InChI is InChI=1S/C11H18O3/c1-3-8-4-5-9(7(2)12)10(6-8)11(13)14/h8-10H,3-6H2,1-2H3,(H,13,14). The Balaban J connectivity index is 2.70. The quantitative estimate of drug-likeness (QED) is 0.755. The molecule has 3 nitrogen and oxygen atoms in total. The highest BCUT2D eigenvalue weighted by Crippen LogP contribution is 2.36. The van der Waals surface area contributed by atoms with Crippen LogP contribution in [0.4, 0.5) is 0 Å². The molecule has 0 spiro atoms. The molecule has 0 aromatic rings. The van der Waals surface area contributed by atoms with E-state index in [1.807, 2.05) is 0 Å². The average Bonchev–Trinajstić information content (AvgIpc) is 2.16. The van der Waals surface area contributed by atoms with Crippen LogP contribution in [0.15, 0.2) is 0 Å². The first-order chi connectivity index (χ1) is 6.56. The van der Waals surface area contributed by atoms with Crippen molar-refractivity contribution in [3.63, 3.8) is 0 Å². The summed E-state index contributed by atoms with van der Waals surface area (Å²) >= 11 is 0. The van der Waals surface area contributed by atoms with Crippen LogP contribution in [-0.4, -0.2) is 16.9 Å². The maximum Gasteiger partial charge on any atom is 0.307 e. The summed E-state index contributed by atoms with van der Waals surface area (Å²) in [6.45, 7) is 3.59. The highest BCUT2D eigenvalue weighted by molar-refractivity contribution is 5.84. The highest BCUT2D eigenvalue weighted by Gasteiger charge is 2.36. The molecule has 0 saturated heterocycles. The molecule has 80 valence electrons. The number of Topliss-reactive ketones (excluding diaryl/α,β-unsaturated/α-hetero) is 1. The van der Waals surface area contributed by atoms with E-state index in [9.17, 15) is 9.59 Å². The molecule has 0 bridgehead atoms. The van der Waals surface area contributed by atoms with E-state index >= 15 is 0 Å². The third kappa shape index (κ3) is 2.34. The van der Waals surface area contributed by atoms with Gasteiger partial charge in [0.25, 0.3) is 0 Å². The number of carbonyl (C=O) groups excluding carboxylic acids is 1. The molecule has 1 aliphatic carbocycles. The van der Waals surface area contributed by atoms with Gasteiger partial charge in [-0.2, -0.15) is 0 Å². The molecule has 1 fully saturated rings. The van der Waals surface area contributed by atoms with Gasteiger partial charge in [0.05, 0.1) is 5.92 Å². The monoisotopic (exact) mass is 198 g/mol. The molecule has 0 aliphatic heterocycles. The highest BCUT2D eigenvalue weighted by atomic mass is 16.4. The van der Waals surface area contributed by atoms with Crippen LogP contribution in [0, 0.1) is 17.8 Å². The van der Waals surface area contributed by atoms with Crippen LogP contribution in [0.2, 0.25) is 0 Å². The first-order valence-corrected chi connectivity index (χ1v) is 5.29. The fraction of sp³-hybridized carbons (Fsp3) is 0.818. The second-order valence-electron chi connectivity index (χ2n) is 4.25. The fourth-order valence-corrected chi connectivity index (χ4v) is 2.39. The number of carboxylic acids is 1. The Labute approximate surface area is 84.5 Å². The van der Waals surface area contributed by atoms with Gasteiger partial charge in [0.2, 0.25) is 0 Å². The summed E-state index contributed by atoms with van der Waals surface area (Å²) in [6, 6.07) is 0. The Morgan fingerprint density at radius 3 is 2.36 bits per heavy atom. The lowest BCUT2D eigenvalue weighted by atomic mass is 9.72. The van der Waals surface area contributed by atoms with Crippen LogP contribution >= 0.6 is 0 Å². The third-order valence-electron chi connectivity index (χ3n) is 3.38. The summed E-state index contributed by atoms with van der Waals surface area (Å²) in [5, 5.41) is 9.02. The Morgan fingerprint density at radius 2 is 1.93 bits per heavy atom. The maximum absolute atomic E-state index is 11.2. The molecule has 0 radical (unpaired) electrons. The summed E-state index contributed by atoms with van der Waals surface area (Å²) in [5.41, 5.74) is 0. The summed E-state index contributed by atoms with van der Waals surface area (Å²) in [5.74, 6) is -0.955. The Kier molecular flexibility index (Phi) is 3.67. The molecule has 3 unspecified atom stereocenters. The first-order valence-electron chi connectivity index (χ1n) is 5.29. The summed E-state index contributed by atoms with van der Waals surface area (Å²) in [7, 11) is 0. The second-order valence-corrected chi connectivity index (χ2v) is 4.25. The van der Waals surface area contributed by atoms with E-state index in [2.05, 4.69) is 6.92 Å². The van der Waals surface area contributed by atoms with E-state index in [0.717, 1.165) is 19.3 Å². The molecule has 14 heavy (non-hydrogen) atoms. The topological polar surface area (TPSA) is 54.4 Å². The second kappa shape index (κ2) is 4.58. The van der Waals surface area contributed by atoms with E-state index < -0.39 is 11.9 Å². The molecule has 0 amide bonds. The molecule has 3 atom stereocenters. The van der Waals surface area contributed by atoms with Crippen LogP contribution in [0.25, 0.3) is 0 Å². The first kappa shape index (κ1) is 11.2. The molecule has 0 aromatic heterocycles. The number of carboxylic acid groups (broad SMARTS) is 1. The van der Waals surface area contributed by atoms with Gasteiger partial charge in [-0.05, 0) is 32.1 Å². The predicted molar refractivity (Wildman–Crippen MR) is 52.9 cm³/mol. The molecular weight excluding hydrogens is 180 g/mol. The largest absolute Gasteiger partial charge is 0.481 e. The lowest BCUT2D eigenvalue weighted by Crippen LogP contribution is -2.34. The van der Waals surface area contributed by atoms with Gasteiger partial charge in [-0.3, -0.25) is 9.59 Å². The lowest BCUT2D eigenvalue weighted by molar-refractivity contribution is -0.148. The maximum atomic E-state index is 11.2. The molecule has 1 rings (SSSR count). The van der Waals surface area contributed by atoms with Crippen molar-refractivity contribution in [3.8, 4) is 0 Å². The molecule has 3 heteroatoms. The SMILES string of the molecule is CCC1CCC(C(C)=O)C(C(=O)O)C1. The minimum atomic E-state index is -0.802. The lowest BCUT2D eigenvalue weighted by Gasteiger charge is -2.31. The number of hydrogen-bond acceptors (Lipinski definition) is 2. The summed E-state index contributed by atoms with van der Waals surface area (Å²) < 4.78 is 0. The Hall–Kier alpha value is -0.860. The van der Waals surface area contributed by atoms with Gasteiger partial charge in [-0.15, -0.1) is 0 Å². The third-order valence-corrected chi connectivity index (χ3v) is 3.38. The molecule has 1 N–H and O–H groups in total. The smallest absolute Gasteiger partial charge is 0.307 e. The number of ketones is 1. The average molecular weight is 198 g/mol. The van der Waals surface area contributed by atoms with Gasteiger partial charge < -0.3 is 5.11 Å². The van der Waals surface area contributed by atoms with Gasteiger partial charge in [-0.25, -0.2) is 0 Å². The zero-order chi connectivity index (χ0) is 10.7. The van der Waals surface area contributed by atoms with Crippen molar-refractivity contribution in [2.75, 3.05) is 0 Å². The van der Waals surface area contributed by atoms with Crippen LogP contribution in [0.5, 0.6) is 0 Å². The predicted octanol–water partition coefficient (Wildman–Crippen LogP) is 2.10. The van der Waals surface area contributed by atoms with Crippen molar-refractivity contribution in [1.29, 1.82) is 0 Å². The van der Waals surface area contributed by atoms with E-state index in [-0.39, 0.29) is 11.7 Å². The van der Waals surface area contributed by atoms with E-state index in [1.54, 1.807) is 0 Å². The van der Waals surface area contributed by atoms with Crippen LogP contribution < -0.4 is 0 Å². The van der Waals surface area contributed by atoms with Crippen molar-refractivity contribution < 1.29 is 14.7 Å². The number of aliphatic carboxylic acids is 1. The van der Waals surface area contributed by atoms with Crippen molar-refractivity contribution in [2.45, 2.75) is 39.5 Å². The van der Waals surface area contributed by atoms with Crippen molar-refractivity contribution >= 4 is 11.8 Å².